The Kier molecular flexibility index (Phi) is 10.2. The largest absolute Gasteiger partial charge is 0.356 e. The number of nitrogens with zero attached hydrogens (tertiary/aromatic N) is 5. The molecule has 7 nitrogen and oxygen atoms in total. The standard InChI is InChI=1S/C21H35N7.HI/c1-18-25-19-8-4-5-9-20(19)28(18)14-6-10-23-21(22-2)24-11-15-27-13-7-12-26(3)16-17-27;/h4-5,8-9H,6-7,10-17H2,1-3H3,(H2,22,23,24);1H. The molecule has 29 heavy (non-hydrogen) atoms. The first-order valence-electron chi connectivity index (χ1n) is 10.4. The quantitative estimate of drug-likeness (QED) is 0.257. The molecule has 0 amide bonds. The first-order chi connectivity index (χ1) is 13.7. The molecule has 2 heterocycles. The van der Waals surface area contributed by atoms with E-state index in [1.54, 1.807) is 0 Å². The highest BCUT2D eigenvalue weighted by Gasteiger charge is 2.11. The van der Waals surface area contributed by atoms with E-state index in [4.69, 9.17) is 0 Å². The van der Waals surface area contributed by atoms with Crippen LogP contribution in [0.15, 0.2) is 29.3 Å². The smallest absolute Gasteiger partial charge is 0.191 e. The number of aliphatic imine (C=N–C) groups is 1. The van der Waals surface area contributed by atoms with Crippen molar-refractivity contribution in [1.82, 2.24) is 30.0 Å². The minimum Gasteiger partial charge on any atom is -0.356 e. The van der Waals surface area contributed by atoms with Crippen LogP contribution < -0.4 is 10.6 Å². The third-order valence-electron chi connectivity index (χ3n) is 5.45. The fraction of sp³-hybridized carbons (Fsp3) is 0.619. The van der Waals surface area contributed by atoms with Gasteiger partial charge < -0.3 is 25.0 Å². The van der Waals surface area contributed by atoms with Crippen LogP contribution in [0.3, 0.4) is 0 Å². The number of rotatable bonds is 7. The number of aromatic nitrogens is 2. The minimum atomic E-state index is 0. The topological polar surface area (TPSA) is 60.7 Å². The van der Waals surface area contributed by atoms with Crippen LogP contribution in [0.2, 0.25) is 0 Å². The molecule has 162 valence electrons. The monoisotopic (exact) mass is 513 g/mol. The molecule has 0 spiro atoms. The first-order valence-corrected chi connectivity index (χ1v) is 10.4. The summed E-state index contributed by atoms with van der Waals surface area (Å²) >= 11 is 0. The lowest BCUT2D eigenvalue weighted by molar-refractivity contribution is 0.280. The normalized spacial score (nSPS) is 16.4. The second kappa shape index (κ2) is 12.3. The van der Waals surface area contributed by atoms with Gasteiger partial charge in [0.15, 0.2) is 5.96 Å². The van der Waals surface area contributed by atoms with Gasteiger partial charge in [-0.3, -0.25) is 4.99 Å². The molecular weight excluding hydrogens is 477 g/mol. The van der Waals surface area contributed by atoms with Crippen LogP contribution >= 0.6 is 24.0 Å². The Morgan fingerprint density at radius 3 is 2.69 bits per heavy atom. The summed E-state index contributed by atoms with van der Waals surface area (Å²) < 4.78 is 2.30. The summed E-state index contributed by atoms with van der Waals surface area (Å²) in [4.78, 5) is 13.9. The van der Waals surface area contributed by atoms with E-state index >= 15 is 0 Å². The highest BCUT2D eigenvalue weighted by molar-refractivity contribution is 14.0. The molecular formula is C21H36IN7. The van der Waals surface area contributed by atoms with Gasteiger partial charge in [0.1, 0.15) is 5.82 Å². The zero-order valence-corrected chi connectivity index (χ0v) is 20.4. The van der Waals surface area contributed by atoms with Crippen molar-refractivity contribution in [2.75, 3.05) is 59.9 Å². The molecule has 2 N–H and O–H groups in total. The maximum atomic E-state index is 4.64. The summed E-state index contributed by atoms with van der Waals surface area (Å²) in [6.07, 6.45) is 2.28. The molecule has 1 saturated heterocycles. The number of nitrogens with one attached hydrogen (secondary N) is 2. The second-order valence-corrected chi connectivity index (χ2v) is 7.58. The molecule has 0 aliphatic carbocycles. The summed E-state index contributed by atoms with van der Waals surface area (Å²) in [5.74, 6) is 1.96. The fourth-order valence-corrected chi connectivity index (χ4v) is 3.80. The molecule has 0 bridgehead atoms. The van der Waals surface area contributed by atoms with Gasteiger partial charge in [-0.05, 0) is 52.0 Å². The van der Waals surface area contributed by atoms with Gasteiger partial charge in [0.2, 0.25) is 0 Å². The van der Waals surface area contributed by atoms with E-state index in [1.807, 2.05) is 13.1 Å². The van der Waals surface area contributed by atoms with Gasteiger partial charge in [-0.25, -0.2) is 4.98 Å². The number of halogens is 1. The molecule has 0 radical (unpaired) electrons. The first kappa shape index (κ1) is 23.9. The van der Waals surface area contributed by atoms with Crippen LogP contribution in [0.25, 0.3) is 11.0 Å². The molecule has 1 fully saturated rings. The van der Waals surface area contributed by atoms with E-state index in [2.05, 4.69) is 67.1 Å². The maximum Gasteiger partial charge on any atom is 0.191 e. The molecule has 1 aliphatic rings. The van der Waals surface area contributed by atoms with Gasteiger partial charge in [0, 0.05) is 46.3 Å². The van der Waals surface area contributed by atoms with Crippen LogP contribution in [0.4, 0.5) is 0 Å². The van der Waals surface area contributed by atoms with Gasteiger partial charge in [-0.2, -0.15) is 0 Å². The Morgan fingerprint density at radius 2 is 1.86 bits per heavy atom. The number of hydrogen-bond acceptors (Lipinski definition) is 4. The van der Waals surface area contributed by atoms with Crippen molar-refractivity contribution in [3.8, 4) is 0 Å². The van der Waals surface area contributed by atoms with E-state index in [1.165, 1.54) is 25.0 Å². The number of guanidine groups is 1. The lowest BCUT2D eigenvalue weighted by atomic mass is 10.3. The van der Waals surface area contributed by atoms with Crippen molar-refractivity contribution in [2.24, 2.45) is 4.99 Å². The summed E-state index contributed by atoms with van der Waals surface area (Å²) in [7, 11) is 4.05. The predicted octanol–water partition coefficient (Wildman–Crippen LogP) is 2.16. The molecule has 0 atom stereocenters. The third-order valence-corrected chi connectivity index (χ3v) is 5.45. The highest BCUT2D eigenvalue weighted by atomic mass is 127. The molecule has 3 rings (SSSR count). The van der Waals surface area contributed by atoms with Crippen LogP contribution in [-0.4, -0.2) is 85.2 Å². The number of fused-ring (bicyclic) bond motifs is 1. The van der Waals surface area contributed by atoms with E-state index in [0.717, 1.165) is 63.0 Å². The van der Waals surface area contributed by atoms with E-state index < -0.39 is 0 Å². The van der Waals surface area contributed by atoms with Crippen molar-refractivity contribution in [3.05, 3.63) is 30.1 Å². The van der Waals surface area contributed by atoms with Crippen molar-refractivity contribution in [3.63, 3.8) is 0 Å². The lowest BCUT2D eigenvalue weighted by Gasteiger charge is -2.21. The Balaban J connectivity index is 0.00000300. The van der Waals surface area contributed by atoms with Crippen molar-refractivity contribution < 1.29 is 0 Å². The van der Waals surface area contributed by atoms with Crippen LogP contribution in [-0.2, 0) is 6.54 Å². The Labute approximate surface area is 192 Å². The van der Waals surface area contributed by atoms with Crippen molar-refractivity contribution in [1.29, 1.82) is 0 Å². The summed E-state index contributed by atoms with van der Waals surface area (Å²) in [5.41, 5.74) is 2.29. The van der Waals surface area contributed by atoms with Gasteiger partial charge in [0.25, 0.3) is 0 Å². The Hall–Kier alpha value is -1.39. The van der Waals surface area contributed by atoms with Crippen molar-refractivity contribution >= 4 is 41.0 Å². The number of benzene rings is 1. The zero-order chi connectivity index (χ0) is 19.8. The average Bonchev–Trinajstić information content (AvgIpc) is 2.86. The molecule has 0 unspecified atom stereocenters. The van der Waals surface area contributed by atoms with Crippen LogP contribution in [0, 0.1) is 6.92 Å². The van der Waals surface area contributed by atoms with Gasteiger partial charge >= 0.3 is 0 Å². The number of imidazole rings is 1. The second-order valence-electron chi connectivity index (χ2n) is 7.58. The molecule has 8 heteroatoms. The Morgan fingerprint density at radius 1 is 1.07 bits per heavy atom. The summed E-state index contributed by atoms with van der Waals surface area (Å²) in [5, 5.41) is 6.88. The summed E-state index contributed by atoms with van der Waals surface area (Å²) in [6, 6.07) is 8.33. The molecule has 1 aromatic heterocycles. The average molecular weight is 513 g/mol. The van der Waals surface area contributed by atoms with Gasteiger partial charge in [-0.1, -0.05) is 12.1 Å². The fourth-order valence-electron chi connectivity index (χ4n) is 3.80. The van der Waals surface area contributed by atoms with Crippen LogP contribution in [0.1, 0.15) is 18.7 Å². The third kappa shape index (κ3) is 7.11. The zero-order valence-electron chi connectivity index (χ0n) is 18.0. The minimum absolute atomic E-state index is 0. The van der Waals surface area contributed by atoms with Crippen molar-refractivity contribution in [2.45, 2.75) is 26.3 Å². The molecule has 1 aliphatic heterocycles. The van der Waals surface area contributed by atoms with Gasteiger partial charge in [-0.15, -0.1) is 24.0 Å². The SMILES string of the molecule is CN=C(NCCCn1c(C)nc2ccccc21)NCCN1CCCN(C)CC1.I. The van der Waals surface area contributed by atoms with Gasteiger partial charge in [0.05, 0.1) is 11.0 Å². The Bertz CT molecular complexity index is 773. The van der Waals surface area contributed by atoms with E-state index in [9.17, 15) is 0 Å². The maximum absolute atomic E-state index is 4.64. The number of hydrogen-bond donors (Lipinski definition) is 2. The molecule has 2 aromatic rings. The summed E-state index contributed by atoms with van der Waals surface area (Å²) in [6.45, 7) is 10.6. The van der Waals surface area contributed by atoms with Crippen LogP contribution in [0.5, 0.6) is 0 Å². The lowest BCUT2D eigenvalue weighted by Crippen LogP contribution is -2.42. The molecule has 0 saturated carbocycles. The highest BCUT2D eigenvalue weighted by Crippen LogP contribution is 2.15. The number of aryl methyl sites for hydroxylation is 2. The van der Waals surface area contributed by atoms with E-state index in [0.29, 0.717) is 0 Å². The molecule has 1 aromatic carbocycles. The number of para-hydroxylation sites is 2. The number of likely N-dealkylation sites (N-methyl/N-ethyl adjacent to an activating group) is 1. The predicted molar refractivity (Wildman–Crippen MR) is 132 cm³/mol. The van der Waals surface area contributed by atoms with E-state index in [-0.39, 0.29) is 24.0 Å².